The van der Waals surface area contributed by atoms with Crippen molar-refractivity contribution < 1.29 is 14.7 Å². The third-order valence-electron chi connectivity index (χ3n) is 5.14. The molecule has 136 valence electrons. The Morgan fingerprint density at radius 2 is 1.77 bits per heavy atom. The number of aliphatic carboxylic acids is 1. The lowest BCUT2D eigenvalue weighted by atomic mass is 9.89. The van der Waals surface area contributed by atoms with Crippen molar-refractivity contribution in [3.63, 3.8) is 0 Å². The lowest BCUT2D eigenvalue weighted by Crippen LogP contribution is -2.30. The summed E-state index contributed by atoms with van der Waals surface area (Å²) in [6.07, 6.45) is 0.379. The van der Waals surface area contributed by atoms with E-state index in [2.05, 4.69) is 0 Å². The molecule has 1 aliphatic rings. The second-order valence-corrected chi connectivity index (χ2v) is 7.35. The van der Waals surface area contributed by atoms with E-state index in [0.29, 0.717) is 18.0 Å². The molecule has 5 heteroatoms. The van der Waals surface area contributed by atoms with Crippen molar-refractivity contribution in [2.24, 2.45) is 5.92 Å². The summed E-state index contributed by atoms with van der Waals surface area (Å²) in [6, 6.07) is 17.1. The monoisotopic (exact) mass is 371 g/mol. The van der Waals surface area contributed by atoms with Crippen LogP contribution in [0.1, 0.15) is 36.3 Å². The molecule has 4 nitrogen and oxygen atoms in total. The van der Waals surface area contributed by atoms with Crippen LogP contribution < -0.4 is 0 Å². The number of benzene rings is 2. The van der Waals surface area contributed by atoms with Gasteiger partial charge in [-0.3, -0.25) is 9.59 Å². The standard InChI is InChI=1S/C21H22ClNO3/c1-14(15-5-3-2-4-6-15)11-20(24)23-12-18(19(13-23)21(25)26)16-7-9-17(22)10-8-16/h2-10,14,18-19H,11-13H2,1H3,(H,25,26)/t14?,18-,19+/m0/s1. The Morgan fingerprint density at radius 3 is 2.38 bits per heavy atom. The highest BCUT2D eigenvalue weighted by molar-refractivity contribution is 6.30. The molecule has 3 atom stereocenters. The highest BCUT2D eigenvalue weighted by atomic mass is 35.5. The zero-order valence-electron chi connectivity index (χ0n) is 14.6. The number of carbonyl (C=O) groups excluding carboxylic acids is 1. The molecule has 1 unspecified atom stereocenters. The predicted molar refractivity (Wildman–Crippen MR) is 101 cm³/mol. The number of halogens is 1. The van der Waals surface area contributed by atoms with Crippen LogP contribution in [-0.2, 0) is 9.59 Å². The van der Waals surface area contributed by atoms with Crippen molar-refractivity contribution in [2.45, 2.75) is 25.2 Å². The summed E-state index contributed by atoms with van der Waals surface area (Å²) >= 11 is 5.93. The van der Waals surface area contributed by atoms with E-state index in [-0.39, 0.29) is 24.3 Å². The summed E-state index contributed by atoms with van der Waals surface area (Å²) in [6.45, 7) is 2.70. The maximum Gasteiger partial charge on any atom is 0.308 e. The molecule has 1 saturated heterocycles. The molecule has 0 bridgehead atoms. The highest BCUT2D eigenvalue weighted by Gasteiger charge is 2.40. The molecular formula is C21H22ClNO3. The molecule has 0 aliphatic carbocycles. The Bertz CT molecular complexity index is 776. The maximum atomic E-state index is 12.7. The van der Waals surface area contributed by atoms with Crippen molar-refractivity contribution in [3.8, 4) is 0 Å². The van der Waals surface area contributed by atoms with Gasteiger partial charge in [-0.2, -0.15) is 0 Å². The van der Waals surface area contributed by atoms with Gasteiger partial charge in [0.2, 0.25) is 5.91 Å². The Kier molecular flexibility index (Phi) is 5.62. The van der Waals surface area contributed by atoms with Crippen molar-refractivity contribution in [1.82, 2.24) is 4.90 Å². The molecule has 2 aromatic carbocycles. The van der Waals surface area contributed by atoms with Crippen LogP contribution in [0.15, 0.2) is 54.6 Å². The van der Waals surface area contributed by atoms with Gasteiger partial charge in [0.15, 0.2) is 0 Å². The summed E-state index contributed by atoms with van der Waals surface area (Å²) in [5.74, 6) is -1.56. The Balaban J connectivity index is 1.71. The molecule has 26 heavy (non-hydrogen) atoms. The van der Waals surface area contributed by atoms with Gasteiger partial charge in [0, 0.05) is 30.5 Å². The molecule has 0 spiro atoms. The molecule has 0 saturated carbocycles. The van der Waals surface area contributed by atoms with E-state index in [1.54, 1.807) is 17.0 Å². The minimum absolute atomic E-state index is 0.00377. The number of carbonyl (C=O) groups is 2. The molecule has 1 heterocycles. The Hall–Kier alpha value is -2.33. The van der Waals surface area contributed by atoms with Gasteiger partial charge < -0.3 is 10.0 Å². The van der Waals surface area contributed by atoms with Crippen molar-refractivity contribution >= 4 is 23.5 Å². The van der Waals surface area contributed by atoms with E-state index < -0.39 is 11.9 Å². The van der Waals surface area contributed by atoms with E-state index in [1.165, 1.54) is 0 Å². The van der Waals surface area contributed by atoms with Gasteiger partial charge in [-0.05, 0) is 29.2 Å². The van der Waals surface area contributed by atoms with E-state index in [0.717, 1.165) is 11.1 Å². The second-order valence-electron chi connectivity index (χ2n) is 6.92. The van der Waals surface area contributed by atoms with Crippen LogP contribution in [0.2, 0.25) is 5.02 Å². The molecular weight excluding hydrogens is 350 g/mol. The normalized spacial score (nSPS) is 20.8. The fraction of sp³-hybridized carbons (Fsp3) is 0.333. The Morgan fingerprint density at radius 1 is 1.12 bits per heavy atom. The van der Waals surface area contributed by atoms with E-state index in [9.17, 15) is 14.7 Å². The minimum atomic E-state index is -0.864. The van der Waals surface area contributed by atoms with Crippen molar-refractivity contribution in [2.75, 3.05) is 13.1 Å². The molecule has 1 fully saturated rings. The third kappa shape index (κ3) is 4.07. The zero-order valence-corrected chi connectivity index (χ0v) is 15.4. The van der Waals surface area contributed by atoms with Gasteiger partial charge in [0.05, 0.1) is 5.92 Å². The fourth-order valence-electron chi connectivity index (χ4n) is 3.60. The number of carboxylic acids is 1. The summed E-state index contributed by atoms with van der Waals surface area (Å²) < 4.78 is 0. The fourth-order valence-corrected chi connectivity index (χ4v) is 3.72. The number of hydrogen-bond donors (Lipinski definition) is 1. The first-order valence-corrected chi connectivity index (χ1v) is 9.14. The number of likely N-dealkylation sites (tertiary alicyclic amines) is 1. The third-order valence-corrected chi connectivity index (χ3v) is 5.39. The molecule has 2 aromatic rings. The number of carboxylic acid groups (broad SMARTS) is 1. The molecule has 0 aromatic heterocycles. The van der Waals surface area contributed by atoms with Crippen LogP contribution in [0, 0.1) is 5.92 Å². The van der Waals surface area contributed by atoms with Gasteiger partial charge in [0.25, 0.3) is 0 Å². The molecule has 3 rings (SSSR count). The average molecular weight is 372 g/mol. The molecule has 1 N–H and O–H groups in total. The summed E-state index contributed by atoms with van der Waals surface area (Å²) in [4.78, 5) is 26.1. The topological polar surface area (TPSA) is 57.6 Å². The quantitative estimate of drug-likeness (QED) is 0.858. The lowest BCUT2D eigenvalue weighted by Gasteiger charge is -2.19. The first-order valence-electron chi connectivity index (χ1n) is 8.76. The number of hydrogen-bond acceptors (Lipinski definition) is 2. The summed E-state index contributed by atoms with van der Waals surface area (Å²) in [7, 11) is 0. The summed E-state index contributed by atoms with van der Waals surface area (Å²) in [5, 5.41) is 10.2. The molecule has 1 amide bonds. The smallest absolute Gasteiger partial charge is 0.308 e. The summed E-state index contributed by atoms with van der Waals surface area (Å²) in [5.41, 5.74) is 2.03. The van der Waals surface area contributed by atoms with Crippen LogP contribution in [0.3, 0.4) is 0 Å². The predicted octanol–water partition coefficient (Wildman–Crippen LogP) is 4.16. The van der Waals surface area contributed by atoms with Gasteiger partial charge in [-0.1, -0.05) is 61.0 Å². The van der Waals surface area contributed by atoms with Gasteiger partial charge in [-0.25, -0.2) is 0 Å². The SMILES string of the molecule is CC(CC(=O)N1C[C@@H](C(=O)O)[C@H](c2ccc(Cl)cc2)C1)c1ccccc1. The molecule has 1 aliphatic heterocycles. The maximum absolute atomic E-state index is 12.7. The number of rotatable bonds is 5. The van der Waals surface area contributed by atoms with Crippen molar-refractivity contribution in [3.05, 3.63) is 70.7 Å². The van der Waals surface area contributed by atoms with Crippen molar-refractivity contribution in [1.29, 1.82) is 0 Å². The van der Waals surface area contributed by atoms with E-state index in [1.807, 2.05) is 49.4 Å². The number of amides is 1. The number of nitrogens with zero attached hydrogens (tertiary/aromatic N) is 1. The lowest BCUT2D eigenvalue weighted by molar-refractivity contribution is -0.141. The Labute approximate surface area is 158 Å². The van der Waals surface area contributed by atoms with Crippen LogP contribution in [0.25, 0.3) is 0 Å². The minimum Gasteiger partial charge on any atom is -0.481 e. The zero-order chi connectivity index (χ0) is 18.7. The van der Waals surface area contributed by atoms with Crippen LogP contribution in [0.5, 0.6) is 0 Å². The first-order chi connectivity index (χ1) is 12.5. The molecule has 0 radical (unpaired) electrons. The van der Waals surface area contributed by atoms with Crippen LogP contribution in [0.4, 0.5) is 0 Å². The largest absolute Gasteiger partial charge is 0.481 e. The first kappa shape index (κ1) is 18.5. The van der Waals surface area contributed by atoms with E-state index in [4.69, 9.17) is 11.6 Å². The van der Waals surface area contributed by atoms with Crippen LogP contribution in [-0.4, -0.2) is 35.0 Å². The highest BCUT2D eigenvalue weighted by Crippen LogP contribution is 2.34. The average Bonchev–Trinajstić information content (AvgIpc) is 3.09. The van der Waals surface area contributed by atoms with Gasteiger partial charge >= 0.3 is 5.97 Å². The second kappa shape index (κ2) is 7.92. The van der Waals surface area contributed by atoms with Gasteiger partial charge in [0.1, 0.15) is 0 Å². The van der Waals surface area contributed by atoms with Crippen LogP contribution >= 0.6 is 11.6 Å². The van der Waals surface area contributed by atoms with Gasteiger partial charge in [-0.15, -0.1) is 0 Å². The van der Waals surface area contributed by atoms with E-state index >= 15 is 0 Å².